The van der Waals surface area contributed by atoms with Gasteiger partial charge in [0.25, 0.3) is 0 Å². The average Bonchev–Trinajstić information content (AvgIpc) is 2.50. The summed E-state index contributed by atoms with van der Waals surface area (Å²) in [5.41, 5.74) is 1.04. The lowest BCUT2D eigenvalue weighted by Gasteiger charge is -2.26. The van der Waals surface area contributed by atoms with E-state index in [0.29, 0.717) is 26.1 Å². The summed E-state index contributed by atoms with van der Waals surface area (Å²) in [7, 11) is 1.63. The van der Waals surface area contributed by atoms with E-state index >= 15 is 0 Å². The van der Waals surface area contributed by atoms with Crippen molar-refractivity contribution in [3.8, 4) is 5.75 Å². The number of rotatable bonds is 6. The van der Waals surface area contributed by atoms with Crippen LogP contribution >= 0.6 is 0 Å². The van der Waals surface area contributed by atoms with Crippen LogP contribution < -0.4 is 10.1 Å². The van der Waals surface area contributed by atoms with E-state index in [1.165, 1.54) is 4.90 Å². The van der Waals surface area contributed by atoms with Gasteiger partial charge < -0.3 is 19.7 Å². The molecule has 2 rings (SSSR count). The summed E-state index contributed by atoms with van der Waals surface area (Å²) >= 11 is 0. The quantitative estimate of drug-likeness (QED) is 0.814. The first-order valence-electron chi connectivity index (χ1n) is 6.95. The SMILES string of the molecule is COc1ccccc1CCNC(=O)CN1CCOCC1=O. The van der Waals surface area contributed by atoms with Gasteiger partial charge in [-0.2, -0.15) is 0 Å². The second-order valence-corrected chi connectivity index (χ2v) is 4.78. The van der Waals surface area contributed by atoms with Crippen molar-refractivity contribution in [2.24, 2.45) is 0 Å². The summed E-state index contributed by atoms with van der Waals surface area (Å²) in [5, 5.41) is 2.82. The minimum Gasteiger partial charge on any atom is -0.496 e. The fourth-order valence-corrected chi connectivity index (χ4v) is 2.19. The van der Waals surface area contributed by atoms with E-state index in [1.807, 2.05) is 24.3 Å². The predicted molar refractivity (Wildman–Crippen MR) is 77.1 cm³/mol. The molecule has 1 N–H and O–H groups in total. The Kier molecular flexibility index (Phi) is 5.57. The van der Waals surface area contributed by atoms with Crippen molar-refractivity contribution in [3.63, 3.8) is 0 Å². The molecule has 1 aromatic carbocycles. The van der Waals surface area contributed by atoms with Crippen LogP contribution in [0, 0.1) is 0 Å². The number of benzene rings is 1. The van der Waals surface area contributed by atoms with E-state index in [0.717, 1.165) is 11.3 Å². The second kappa shape index (κ2) is 7.64. The first kappa shape index (κ1) is 15.3. The molecule has 21 heavy (non-hydrogen) atoms. The maximum absolute atomic E-state index is 11.8. The molecule has 0 atom stereocenters. The Hall–Kier alpha value is -2.08. The lowest BCUT2D eigenvalue weighted by Crippen LogP contribution is -2.47. The van der Waals surface area contributed by atoms with E-state index in [1.54, 1.807) is 7.11 Å². The molecule has 0 radical (unpaired) electrons. The van der Waals surface area contributed by atoms with Crippen LogP contribution in [0.25, 0.3) is 0 Å². The molecule has 1 saturated heterocycles. The molecule has 0 bridgehead atoms. The molecule has 114 valence electrons. The maximum Gasteiger partial charge on any atom is 0.249 e. The van der Waals surface area contributed by atoms with Crippen molar-refractivity contribution < 1.29 is 19.1 Å². The molecular weight excluding hydrogens is 272 g/mol. The van der Waals surface area contributed by atoms with E-state index in [9.17, 15) is 9.59 Å². The van der Waals surface area contributed by atoms with Gasteiger partial charge in [0.2, 0.25) is 11.8 Å². The lowest BCUT2D eigenvalue weighted by atomic mass is 10.1. The predicted octanol–water partition coefficient (Wildman–Crippen LogP) is 0.213. The lowest BCUT2D eigenvalue weighted by molar-refractivity contribution is -0.145. The number of ether oxygens (including phenoxy) is 2. The van der Waals surface area contributed by atoms with Crippen LogP contribution in [0.2, 0.25) is 0 Å². The largest absolute Gasteiger partial charge is 0.496 e. The van der Waals surface area contributed by atoms with Gasteiger partial charge in [-0.3, -0.25) is 9.59 Å². The monoisotopic (exact) mass is 292 g/mol. The van der Waals surface area contributed by atoms with Gasteiger partial charge in [0, 0.05) is 13.1 Å². The van der Waals surface area contributed by atoms with Crippen LogP contribution in [-0.2, 0) is 20.7 Å². The zero-order valence-electron chi connectivity index (χ0n) is 12.1. The number of morpholine rings is 1. The summed E-state index contributed by atoms with van der Waals surface area (Å²) in [6.07, 6.45) is 0.687. The highest BCUT2D eigenvalue weighted by molar-refractivity contribution is 5.85. The van der Waals surface area contributed by atoms with E-state index < -0.39 is 0 Å². The molecule has 0 aliphatic carbocycles. The van der Waals surface area contributed by atoms with Crippen molar-refractivity contribution in [2.45, 2.75) is 6.42 Å². The highest BCUT2D eigenvalue weighted by atomic mass is 16.5. The van der Waals surface area contributed by atoms with Crippen LogP contribution in [0.5, 0.6) is 5.75 Å². The third-order valence-corrected chi connectivity index (χ3v) is 3.33. The summed E-state index contributed by atoms with van der Waals surface area (Å²) in [4.78, 5) is 24.9. The Labute approximate surface area is 124 Å². The minimum absolute atomic E-state index is 0.0640. The summed E-state index contributed by atoms with van der Waals surface area (Å²) < 4.78 is 10.3. The molecule has 6 nitrogen and oxygen atoms in total. The topological polar surface area (TPSA) is 67.9 Å². The van der Waals surface area contributed by atoms with E-state index in [2.05, 4.69) is 5.32 Å². The first-order chi connectivity index (χ1) is 10.2. The van der Waals surface area contributed by atoms with E-state index in [4.69, 9.17) is 9.47 Å². The second-order valence-electron chi connectivity index (χ2n) is 4.78. The smallest absolute Gasteiger partial charge is 0.249 e. The minimum atomic E-state index is -0.153. The third-order valence-electron chi connectivity index (χ3n) is 3.33. The number of hydrogen-bond donors (Lipinski definition) is 1. The molecular formula is C15H20N2O4. The molecule has 1 aliphatic heterocycles. The van der Waals surface area contributed by atoms with Gasteiger partial charge in [-0.05, 0) is 18.1 Å². The Morgan fingerprint density at radius 1 is 1.43 bits per heavy atom. The van der Waals surface area contributed by atoms with Crippen molar-refractivity contribution >= 4 is 11.8 Å². The molecule has 0 saturated carbocycles. The molecule has 1 aromatic rings. The van der Waals surface area contributed by atoms with Crippen LogP contribution in [0.4, 0.5) is 0 Å². The molecule has 1 fully saturated rings. The molecule has 1 heterocycles. The molecule has 0 unspecified atom stereocenters. The van der Waals surface area contributed by atoms with E-state index in [-0.39, 0.29) is 25.0 Å². The van der Waals surface area contributed by atoms with Gasteiger partial charge in [0.15, 0.2) is 0 Å². The Bertz CT molecular complexity index is 504. The molecule has 2 amide bonds. The fourth-order valence-electron chi connectivity index (χ4n) is 2.19. The number of amides is 2. The van der Waals surface area contributed by atoms with Crippen LogP contribution in [-0.4, -0.2) is 56.7 Å². The molecule has 6 heteroatoms. The van der Waals surface area contributed by atoms with Crippen LogP contribution in [0.3, 0.4) is 0 Å². The number of nitrogens with zero attached hydrogens (tertiary/aromatic N) is 1. The Balaban J connectivity index is 1.75. The van der Waals surface area contributed by atoms with Gasteiger partial charge in [-0.1, -0.05) is 18.2 Å². The standard InChI is InChI=1S/C15H20N2O4/c1-20-13-5-3-2-4-12(13)6-7-16-14(18)10-17-8-9-21-11-15(17)19/h2-5H,6-11H2,1H3,(H,16,18). The van der Waals surface area contributed by atoms with Crippen LogP contribution in [0.15, 0.2) is 24.3 Å². The summed E-state index contributed by atoms with van der Waals surface area (Å²) in [5.74, 6) is 0.524. The fraction of sp³-hybridized carbons (Fsp3) is 0.467. The number of methoxy groups -OCH3 is 1. The van der Waals surface area contributed by atoms with Crippen molar-refractivity contribution in [1.29, 1.82) is 0 Å². The van der Waals surface area contributed by atoms with Gasteiger partial charge in [-0.25, -0.2) is 0 Å². The molecule has 0 aromatic heterocycles. The number of carbonyl (C=O) groups is 2. The highest BCUT2D eigenvalue weighted by Gasteiger charge is 2.20. The Morgan fingerprint density at radius 3 is 3.00 bits per heavy atom. The normalized spacial score (nSPS) is 14.9. The van der Waals surface area contributed by atoms with Crippen molar-refractivity contribution in [2.75, 3.05) is 40.0 Å². The van der Waals surface area contributed by atoms with Gasteiger partial charge in [-0.15, -0.1) is 0 Å². The Morgan fingerprint density at radius 2 is 2.24 bits per heavy atom. The van der Waals surface area contributed by atoms with Gasteiger partial charge >= 0.3 is 0 Å². The third kappa shape index (κ3) is 4.46. The highest BCUT2D eigenvalue weighted by Crippen LogP contribution is 2.17. The maximum atomic E-state index is 11.8. The molecule has 1 aliphatic rings. The summed E-state index contributed by atoms with van der Waals surface area (Å²) in [6.45, 7) is 1.62. The summed E-state index contributed by atoms with van der Waals surface area (Å²) in [6, 6.07) is 7.71. The van der Waals surface area contributed by atoms with Gasteiger partial charge in [0.1, 0.15) is 12.4 Å². The van der Waals surface area contributed by atoms with Crippen molar-refractivity contribution in [3.05, 3.63) is 29.8 Å². The average molecular weight is 292 g/mol. The zero-order valence-corrected chi connectivity index (χ0v) is 12.1. The van der Waals surface area contributed by atoms with Gasteiger partial charge in [0.05, 0.1) is 20.3 Å². The van der Waals surface area contributed by atoms with Crippen molar-refractivity contribution in [1.82, 2.24) is 10.2 Å². The number of hydrogen-bond acceptors (Lipinski definition) is 4. The number of carbonyl (C=O) groups excluding carboxylic acids is 2. The number of para-hydroxylation sites is 1. The van der Waals surface area contributed by atoms with Crippen LogP contribution in [0.1, 0.15) is 5.56 Å². The number of nitrogens with one attached hydrogen (secondary N) is 1. The zero-order chi connectivity index (χ0) is 15.1. The molecule has 0 spiro atoms. The first-order valence-corrected chi connectivity index (χ1v) is 6.95.